The third-order valence-electron chi connectivity index (χ3n) is 6.27. The summed E-state index contributed by atoms with van der Waals surface area (Å²) < 4.78 is 0. The molecule has 0 saturated carbocycles. The zero-order valence-electron chi connectivity index (χ0n) is 21.2. The van der Waals surface area contributed by atoms with E-state index in [-0.39, 0.29) is 0 Å². The van der Waals surface area contributed by atoms with Crippen molar-refractivity contribution < 1.29 is 0 Å². The van der Waals surface area contributed by atoms with Gasteiger partial charge in [0.25, 0.3) is 0 Å². The largest absolute Gasteiger partial charge is 0.354 e. The first kappa shape index (κ1) is 25.2. The maximum absolute atomic E-state index is 4.63. The van der Waals surface area contributed by atoms with Crippen LogP contribution in [0.25, 0.3) is 22.2 Å². The molecular weight excluding hydrogens is 408 g/mol. The number of anilines is 1. The van der Waals surface area contributed by atoms with E-state index in [1.54, 1.807) is 0 Å². The Morgan fingerprint density at radius 3 is 2.58 bits per heavy atom. The van der Waals surface area contributed by atoms with Crippen LogP contribution in [0.15, 0.2) is 36.7 Å². The molecule has 0 radical (unpaired) electrons. The summed E-state index contributed by atoms with van der Waals surface area (Å²) in [7, 11) is 0. The number of fused-ring (bicyclic) bond motifs is 1. The molecule has 0 aliphatic carbocycles. The average Bonchev–Trinajstić information content (AvgIpc) is 3.11. The molecule has 0 atom stereocenters. The van der Waals surface area contributed by atoms with Gasteiger partial charge in [0.1, 0.15) is 5.65 Å². The Balaban J connectivity index is 0.00000149. The van der Waals surface area contributed by atoms with Crippen LogP contribution in [0.4, 0.5) is 5.95 Å². The highest BCUT2D eigenvalue weighted by Crippen LogP contribution is 2.28. The van der Waals surface area contributed by atoms with Crippen molar-refractivity contribution in [2.45, 2.75) is 66.5 Å². The Bertz CT molecular complexity index is 962. The van der Waals surface area contributed by atoms with Crippen molar-refractivity contribution >= 4 is 17.0 Å². The Hall–Kier alpha value is -2.44. The predicted octanol–water partition coefficient (Wildman–Crippen LogP) is 5.78. The number of rotatable bonds is 8. The number of benzene rings is 1. The fourth-order valence-electron chi connectivity index (χ4n) is 4.32. The molecule has 4 rings (SSSR count). The molecule has 0 unspecified atom stereocenters. The normalized spacial score (nSPS) is 15.3. The van der Waals surface area contributed by atoms with Gasteiger partial charge in [-0.2, -0.15) is 4.98 Å². The van der Waals surface area contributed by atoms with Gasteiger partial charge in [0.2, 0.25) is 5.95 Å². The Morgan fingerprint density at radius 1 is 1.06 bits per heavy atom. The van der Waals surface area contributed by atoms with Crippen molar-refractivity contribution in [3.05, 3.63) is 42.2 Å². The molecule has 1 aliphatic rings. The highest BCUT2D eigenvalue weighted by molar-refractivity contribution is 5.93. The summed E-state index contributed by atoms with van der Waals surface area (Å²) in [5.41, 5.74) is 4.61. The molecule has 2 aromatic heterocycles. The minimum Gasteiger partial charge on any atom is -0.354 e. The van der Waals surface area contributed by atoms with Crippen LogP contribution in [0.2, 0.25) is 0 Å². The smallest absolute Gasteiger partial charge is 0.224 e. The molecule has 180 valence electrons. The van der Waals surface area contributed by atoms with E-state index in [1.165, 1.54) is 37.2 Å². The van der Waals surface area contributed by atoms with Crippen molar-refractivity contribution in [1.82, 2.24) is 24.8 Å². The predicted molar refractivity (Wildman–Crippen MR) is 141 cm³/mol. The van der Waals surface area contributed by atoms with E-state index in [2.05, 4.69) is 75.1 Å². The molecule has 0 amide bonds. The number of aromatic amines is 1. The van der Waals surface area contributed by atoms with Gasteiger partial charge in [-0.05, 0) is 50.9 Å². The maximum Gasteiger partial charge on any atom is 0.224 e. The van der Waals surface area contributed by atoms with Crippen LogP contribution in [0.1, 0.15) is 59.4 Å². The number of unbranched alkanes of at least 4 members (excludes halogenated alkanes) is 1. The quantitative estimate of drug-likeness (QED) is 0.426. The first-order valence-corrected chi connectivity index (χ1v) is 12.8. The average molecular weight is 451 g/mol. The summed E-state index contributed by atoms with van der Waals surface area (Å²) in [5, 5.41) is 4.36. The minimum absolute atomic E-state index is 0.641. The Morgan fingerprint density at radius 2 is 1.85 bits per heavy atom. The first-order valence-electron chi connectivity index (χ1n) is 12.8. The fourth-order valence-corrected chi connectivity index (χ4v) is 4.32. The second-order valence-corrected chi connectivity index (χ2v) is 8.89. The van der Waals surface area contributed by atoms with Crippen LogP contribution in [-0.2, 0) is 6.54 Å². The van der Waals surface area contributed by atoms with Gasteiger partial charge in [-0.1, -0.05) is 51.5 Å². The highest BCUT2D eigenvalue weighted by Gasteiger charge is 2.17. The molecule has 6 heteroatoms. The van der Waals surface area contributed by atoms with Gasteiger partial charge in [0.05, 0.1) is 0 Å². The van der Waals surface area contributed by atoms with E-state index in [0.29, 0.717) is 12.0 Å². The lowest BCUT2D eigenvalue weighted by Gasteiger charge is -2.25. The van der Waals surface area contributed by atoms with Crippen LogP contribution < -0.4 is 5.32 Å². The molecule has 33 heavy (non-hydrogen) atoms. The fraction of sp³-hybridized carbons (Fsp3) is 0.556. The molecule has 3 heterocycles. The van der Waals surface area contributed by atoms with E-state index >= 15 is 0 Å². The molecule has 1 saturated heterocycles. The zero-order valence-corrected chi connectivity index (χ0v) is 21.2. The molecule has 0 spiro atoms. The van der Waals surface area contributed by atoms with Crippen LogP contribution in [0.5, 0.6) is 0 Å². The van der Waals surface area contributed by atoms with Crippen molar-refractivity contribution in [3.63, 3.8) is 0 Å². The van der Waals surface area contributed by atoms with E-state index in [0.717, 1.165) is 49.1 Å². The monoisotopic (exact) mass is 450 g/mol. The number of hydrogen-bond acceptors (Lipinski definition) is 5. The number of aromatic nitrogens is 3. The minimum atomic E-state index is 0.641. The number of H-pyrrole nitrogens is 1. The number of nitrogens with zero attached hydrogens (tertiary/aromatic N) is 4. The van der Waals surface area contributed by atoms with E-state index in [9.17, 15) is 0 Å². The lowest BCUT2D eigenvalue weighted by atomic mass is 10.0. The third-order valence-corrected chi connectivity index (χ3v) is 6.27. The van der Waals surface area contributed by atoms with Gasteiger partial charge in [-0.25, -0.2) is 4.98 Å². The summed E-state index contributed by atoms with van der Waals surface area (Å²) >= 11 is 0. The van der Waals surface area contributed by atoms with Crippen molar-refractivity contribution in [1.29, 1.82) is 0 Å². The highest BCUT2D eigenvalue weighted by atomic mass is 15.2. The Kier molecular flexibility index (Phi) is 9.70. The second kappa shape index (κ2) is 12.7. The number of hydrogen-bond donors (Lipinski definition) is 2. The van der Waals surface area contributed by atoms with Crippen LogP contribution in [-0.4, -0.2) is 63.5 Å². The molecule has 1 aliphatic heterocycles. The van der Waals surface area contributed by atoms with Gasteiger partial charge in [0, 0.05) is 55.6 Å². The summed E-state index contributed by atoms with van der Waals surface area (Å²) in [6, 6.07) is 9.62. The third kappa shape index (κ3) is 6.78. The van der Waals surface area contributed by atoms with Gasteiger partial charge in [-0.15, -0.1) is 0 Å². The van der Waals surface area contributed by atoms with Crippen molar-refractivity contribution in [2.24, 2.45) is 0 Å². The molecular formula is C27H42N6. The van der Waals surface area contributed by atoms with Gasteiger partial charge in [-0.3, -0.25) is 9.80 Å². The lowest BCUT2D eigenvalue weighted by molar-refractivity contribution is 0.218. The zero-order chi connectivity index (χ0) is 23.6. The first-order chi connectivity index (χ1) is 16.1. The summed E-state index contributed by atoms with van der Waals surface area (Å²) in [6.45, 7) is 17.4. The number of nitrogens with one attached hydrogen (secondary N) is 2. The van der Waals surface area contributed by atoms with Gasteiger partial charge >= 0.3 is 0 Å². The topological polar surface area (TPSA) is 60.1 Å². The van der Waals surface area contributed by atoms with Gasteiger partial charge in [0.15, 0.2) is 0 Å². The molecule has 6 nitrogen and oxygen atoms in total. The standard InChI is InChI=1S/C25H36N6.C2H6/c1-4-5-11-26-25-28-17-23-22(16-27-24(23)29-25)21-9-7-20(8-10-21)18-30-12-6-13-31(15-14-30)19(2)3;1-2/h7-10,16-17,19H,4-6,11-15,18H2,1-3H3,(H2,26,27,28,29);1-2H3. The molecule has 3 aromatic rings. The Labute approximate surface area is 199 Å². The maximum atomic E-state index is 4.63. The second-order valence-electron chi connectivity index (χ2n) is 8.89. The van der Waals surface area contributed by atoms with Gasteiger partial charge < -0.3 is 10.3 Å². The molecule has 0 bridgehead atoms. The summed E-state index contributed by atoms with van der Waals surface area (Å²) in [4.78, 5) is 17.6. The molecule has 1 fully saturated rings. The van der Waals surface area contributed by atoms with Crippen molar-refractivity contribution in [3.8, 4) is 11.1 Å². The van der Waals surface area contributed by atoms with Crippen LogP contribution >= 0.6 is 0 Å². The molecule has 2 N–H and O–H groups in total. The van der Waals surface area contributed by atoms with E-state index in [4.69, 9.17) is 0 Å². The molecule has 1 aromatic carbocycles. The van der Waals surface area contributed by atoms with Crippen LogP contribution in [0, 0.1) is 0 Å². The SMILES string of the molecule is CC.CCCCNc1ncc2c(-c3ccc(CN4CCCN(C(C)C)CC4)cc3)c[nH]c2n1. The van der Waals surface area contributed by atoms with Crippen molar-refractivity contribution in [2.75, 3.05) is 38.0 Å². The van der Waals surface area contributed by atoms with E-state index < -0.39 is 0 Å². The lowest BCUT2D eigenvalue weighted by Crippen LogP contribution is -2.34. The summed E-state index contributed by atoms with van der Waals surface area (Å²) in [6.07, 6.45) is 7.50. The van der Waals surface area contributed by atoms with E-state index in [1.807, 2.05) is 26.2 Å². The van der Waals surface area contributed by atoms with Crippen LogP contribution in [0.3, 0.4) is 0 Å². The summed E-state index contributed by atoms with van der Waals surface area (Å²) in [5.74, 6) is 0.693.